The van der Waals surface area contributed by atoms with Crippen molar-refractivity contribution in [1.29, 1.82) is 0 Å². The molecule has 3 unspecified atom stereocenters. The van der Waals surface area contributed by atoms with Crippen molar-refractivity contribution in [3.8, 4) is 0 Å². The SMILES string of the molecule is O=C1C2CC2C2CCc3cc(Br)ccc3N12. The lowest BCUT2D eigenvalue weighted by molar-refractivity contribution is -0.118. The first-order chi connectivity index (χ1) is 7.75. The monoisotopic (exact) mass is 277 g/mol. The van der Waals surface area contributed by atoms with Gasteiger partial charge in [0.05, 0.1) is 0 Å². The number of anilines is 1. The van der Waals surface area contributed by atoms with Crippen LogP contribution in [0.15, 0.2) is 22.7 Å². The molecule has 3 heteroatoms. The minimum atomic E-state index is 0.361. The Labute approximate surface area is 103 Å². The van der Waals surface area contributed by atoms with Crippen molar-refractivity contribution in [1.82, 2.24) is 0 Å². The third-order valence-electron chi connectivity index (χ3n) is 4.23. The Bertz CT molecular complexity index is 499. The molecule has 3 atom stereocenters. The summed E-state index contributed by atoms with van der Waals surface area (Å²) in [6.07, 6.45) is 3.41. The number of hydrogen-bond acceptors (Lipinski definition) is 1. The number of nitrogens with zero attached hydrogens (tertiary/aromatic N) is 1. The van der Waals surface area contributed by atoms with Crippen LogP contribution in [0.5, 0.6) is 0 Å². The number of fused-ring (bicyclic) bond motifs is 5. The fourth-order valence-corrected chi connectivity index (χ4v) is 3.80. The number of amides is 1. The summed E-state index contributed by atoms with van der Waals surface area (Å²) in [4.78, 5) is 14.2. The highest BCUT2D eigenvalue weighted by Crippen LogP contribution is 2.55. The average Bonchev–Trinajstić information content (AvgIpc) is 3.01. The molecule has 2 fully saturated rings. The molecule has 1 aromatic carbocycles. The van der Waals surface area contributed by atoms with Crippen molar-refractivity contribution in [3.05, 3.63) is 28.2 Å². The molecule has 3 aliphatic rings. The molecule has 0 aromatic heterocycles. The van der Waals surface area contributed by atoms with Gasteiger partial charge in [0.1, 0.15) is 0 Å². The van der Waals surface area contributed by atoms with Gasteiger partial charge in [0, 0.05) is 22.1 Å². The highest BCUT2D eigenvalue weighted by atomic mass is 79.9. The molecule has 1 aliphatic carbocycles. The van der Waals surface area contributed by atoms with Crippen LogP contribution in [0.2, 0.25) is 0 Å². The number of piperidine rings is 1. The van der Waals surface area contributed by atoms with Crippen LogP contribution in [0.4, 0.5) is 5.69 Å². The summed E-state index contributed by atoms with van der Waals surface area (Å²) < 4.78 is 1.11. The molecular formula is C13H12BrNO. The highest BCUT2D eigenvalue weighted by molar-refractivity contribution is 9.10. The second kappa shape index (κ2) is 2.89. The van der Waals surface area contributed by atoms with E-state index in [1.54, 1.807) is 0 Å². The maximum atomic E-state index is 12.1. The number of benzene rings is 1. The number of aryl methyl sites for hydroxylation is 1. The molecule has 0 N–H and O–H groups in total. The number of carbonyl (C=O) groups is 1. The van der Waals surface area contributed by atoms with Crippen molar-refractivity contribution in [2.24, 2.45) is 11.8 Å². The molecule has 2 aliphatic heterocycles. The van der Waals surface area contributed by atoms with Gasteiger partial charge in [0.15, 0.2) is 0 Å². The predicted molar refractivity (Wildman–Crippen MR) is 65.3 cm³/mol. The zero-order valence-electron chi connectivity index (χ0n) is 8.82. The average molecular weight is 278 g/mol. The van der Waals surface area contributed by atoms with E-state index >= 15 is 0 Å². The molecule has 4 rings (SSSR count). The molecule has 82 valence electrons. The maximum absolute atomic E-state index is 12.1. The van der Waals surface area contributed by atoms with Crippen molar-refractivity contribution < 1.29 is 4.79 Å². The lowest BCUT2D eigenvalue weighted by Crippen LogP contribution is -2.40. The number of halogens is 1. The number of rotatable bonds is 0. The van der Waals surface area contributed by atoms with Crippen LogP contribution < -0.4 is 4.90 Å². The first-order valence-electron chi connectivity index (χ1n) is 5.87. The third kappa shape index (κ3) is 1.05. The van der Waals surface area contributed by atoms with Crippen molar-refractivity contribution in [2.45, 2.75) is 25.3 Å². The van der Waals surface area contributed by atoms with Crippen LogP contribution in [0, 0.1) is 11.8 Å². The van der Waals surface area contributed by atoms with E-state index in [1.165, 1.54) is 5.56 Å². The first-order valence-corrected chi connectivity index (χ1v) is 6.66. The minimum absolute atomic E-state index is 0.361. The molecule has 16 heavy (non-hydrogen) atoms. The highest BCUT2D eigenvalue weighted by Gasteiger charge is 2.59. The zero-order chi connectivity index (χ0) is 10.9. The van der Waals surface area contributed by atoms with Crippen molar-refractivity contribution >= 4 is 27.5 Å². The van der Waals surface area contributed by atoms with Crippen LogP contribution >= 0.6 is 15.9 Å². The molecule has 0 spiro atoms. The summed E-state index contributed by atoms with van der Waals surface area (Å²) in [7, 11) is 0. The minimum Gasteiger partial charge on any atom is -0.309 e. The van der Waals surface area contributed by atoms with Crippen LogP contribution in [-0.4, -0.2) is 11.9 Å². The Morgan fingerprint density at radius 3 is 3.12 bits per heavy atom. The standard InChI is InChI=1S/C13H12BrNO/c14-8-2-4-11-7(5-8)1-3-12-9-6-10(9)13(16)15(11)12/h2,4-5,9-10,12H,1,3,6H2. The molecule has 1 saturated carbocycles. The van der Waals surface area contributed by atoms with Gasteiger partial charge in [-0.3, -0.25) is 4.79 Å². The Morgan fingerprint density at radius 2 is 2.25 bits per heavy atom. The molecular weight excluding hydrogens is 266 g/mol. The fourth-order valence-electron chi connectivity index (χ4n) is 3.39. The Kier molecular flexibility index (Phi) is 1.67. The largest absolute Gasteiger partial charge is 0.309 e. The molecule has 1 amide bonds. The third-order valence-corrected chi connectivity index (χ3v) is 4.72. The summed E-state index contributed by atoms with van der Waals surface area (Å²) in [5.41, 5.74) is 2.48. The van der Waals surface area contributed by atoms with E-state index < -0.39 is 0 Å². The lowest BCUT2D eigenvalue weighted by atomic mass is 9.95. The van der Waals surface area contributed by atoms with E-state index in [9.17, 15) is 4.79 Å². The summed E-state index contributed by atoms with van der Waals surface area (Å²) in [6.45, 7) is 0. The van der Waals surface area contributed by atoms with Gasteiger partial charge in [0.2, 0.25) is 5.91 Å². The Hall–Kier alpha value is -0.830. The second-order valence-corrected chi connectivity index (χ2v) is 6.01. The topological polar surface area (TPSA) is 20.3 Å². The summed E-state index contributed by atoms with van der Waals surface area (Å²) in [5.74, 6) is 1.40. The second-order valence-electron chi connectivity index (χ2n) is 5.09. The predicted octanol–water partition coefficient (Wildman–Crippen LogP) is 2.75. The summed E-state index contributed by atoms with van der Waals surface area (Å²) in [5, 5.41) is 0. The van der Waals surface area contributed by atoms with E-state index in [2.05, 4.69) is 33.0 Å². The van der Waals surface area contributed by atoms with Gasteiger partial charge >= 0.3 is 0 Å². The van der Waals surface area contributed by atoms with E-state index in [0.29, 0.717) is 23.8 Å². The van der Waals surface area contributed by atoms with Gasteiger partial charge in [-0.05, 0) is 48.9 Å². The van der Waals surface area contributed by atoms with E-state index in [0.717, 1.165) is 29.4 Å². The van der Waals surface area contributed by atoms with Gasteiger partial charge in [-0.15, -0.1) is 0 Å². The van der Waals surface area contributed by atoms with Crippen LogP contribution in [0.3, 0.4) is 0 Å². The van der Waals surface area contributed by atoms with Gasteiger partial charge in [-0.1, -0.05) is 15.9 Å². The number of carbonyl (C=O) groups excluding carboxylic acids is 1. The number of hydrogen-bond donors (Lipinski definition) is 0. The fraction of sp³-hybridized carbons (Fsp3) is 0.462. The maximum Gasteiger partial charge on any atom is 0.230 e. The smallest absolute Gasteiger partial charge is 0.230 e. The lowest BCUT2D eigenvalue weighted by Gasteiger charge is -2.34. The van der Waals surface area contributed by atoms with Gasteiger partial charge in [-0.25, -0.2) is 0 Å². The van der Waals surface area contributed by atoms with Crippen LogP contribution in [-0.2, 0) is 11.2 Å². The normalized spacial score (nSPS) is 34.4. The Morgan fingerprint density at radius 1 is 1.38 bits per heavy atom. The molecule has 0 radical (unpaired) electrons. The Balaban J connectivity index is 1.85. The van der Waals surface area contributed by atoms with E-state index in [4.69, 9.17) is 0 Å². The van der Waals surface area contributed by atoms with Crippen LogP contribution in [0.1, 0.15) is 18.4 Å². The summed E-state index contributed by atoms with van der Waals surface area (Å²) >= 11 is 3.50. The zero-order valence-corrected chi connectivity index (χ0v) is 10.4. The van der Waals surface area contributed by atoms with E-state index in [1.807, 2.05) is 6.07 Å². The van der Waals surface area contributed by atoms with E-state index in [-0.39, 0.29) is 0 Å². The molecule has 2 heterocycles. The molecule has 0 bridgehead atoms. The first kappa shape index (κ1) is 9.23. The van der Waals surface area contributed by atoms with Gasteiger partial charge < -0.3 is 4.90 Å². The van der Waals surface area contributed by atoms with Crippen molar-refractivity contribution in [3.63, 3.8) is 0 Å². The van der Waals surface area contributed by atoms with Gasteiger partial charge in [-0.2, -0.15) is 0 Å². The molecule has 1 aromatic rings. The summed E-state index contributed by atoms with van der Waals surface area (Å²) in [6, 6.07) is 6.79. The molecule has 1 saturated heterocycles. The van der Waals surface area contributed by atoms with Crippen LogP contribution in [0.25, 0.3) is 0 Å². The van der Waals surface area contributed by atoms with Gasteiger partial charge in [0.25, 0.3) is 0 Å². The van der Waals surface area contributed by atoms with Crippen molar-refractivity contribution in [2.75, 3.05) is 4.90 Å². The molecule has 2 nitrogen and oxygen atoms in total. The quantitative estimate of drug-likeness (QED) is 0.714.